The van der Waals surface area contributed by atoms with Crippen molar-refractivity contribution in [2.24, 2.45) is 0 Å². The first-order valence-corrected chi connectivity index (χ1v) is 3.53. The van der Waals surface area contributed by atoms with Crippen molar-refractivity contribution in [2.75, 3.05) is 19.6 Å². The Bertz CT molecular complexity index is 140. The van der Waals surface area contributed by atoms with Crippen molar-refractivity contribution in [1.29, 1.82) is 0 Å². The van der Waals surface area contributed by atoms with Gasteiger partial charge < -0.3 is 17.1 Å². The number of piperazine rings is 1. The summed E-state index contributed by atoms with van der Waals surface area (Å²) in [5, 5.41) is 3.16. The molecule has 1 aliphatic rings. The van der Waals surface area contributed by atoms with E-state index >= 15 is 0 Å². The van der Waals surface area contributed by atoms with E-state index in [0.717, 1.165) is 19.6 Å². The Kier molecular flexibility index (Phi) is 5.48. The first-order chi connectivity index (χ1) is 4.72. The molecule has 4 heteroatoms. The van der Waals surface area contributed by atoms with Crippen LogP contribution in [0.2, 0.25) is 0 Å². The van der Waals surface area contributed by atoms with Crippen LogP contribution in [0.1, 0.15) is 6.92 Å². The Hall–Kier alpha value is 0.534. The molecule has 0 aliphatic carbocycles. The van der Waals surface area contributed by atoms with Crippen molar-refractivity contribution in [1.82, 2.24) is 10.2 Å². The van der Waals surface area contributed by atoms with Crippen LogP contribution in [0.3, 0.4) is 0 Å². The van der Waals surface area contributed by atoms with Crippen LogP contribution in [0.5, 0.6) is 0 Å². The minimum Gasteiger partial charge on any atom is -0.367 e. The number of nitrogens with zero attached hydrogens (tertiary/aromatic N) is 1. The molecule has 1 saturated heterocycles. The fraction of sp³-hybridized carbons (Fsp3) is 0.714. The van der Waals surface area contributed by atoms with Gasteiger partial charge in [0.15, 0.2) is 0 Å². The Morgan fingerprint density at radius 1 is 1.73 bits per heavy atom. The monoisotopic (exact) mass is 230 g/mol. The molecule has 0 aromatic rings. The van der Waals surface area contributed by atoms with E-state index < -0.39 is 0 Å². The summed E-state index contributed by atoms with van der Waals surface area (Å²) >= 11 is 0. The third-order valence-electron chi connectivity index (χ3n) is 1.75. The van der Waals surface area contributed by atoms with E-state index in [2.05, 4.69) is 12.2 Å². The van der Waals surface area contributed by atoms with Crippen molar-refractivity contribution in [3.63, 3.8) is 0 Å². The quantitative estimate of drug-likeness (QED) is 0.576. The van der Waals surface area contributed by atoms with E-state index in [4.69, 9.17) is 0 Å². The number of rotatable bonds is 0. The summed E-state index contributed by atoms with van der Waals surface area (Å²) in [6, 6.07) is 0.117. The Balaban J connectivity index is 0.000001000. The second kappa shape index (κ2) is 5.23. The molecule has 61 valence electrons. The van der Waals surface area contributed by atoms with Gasteiger partial charge in [-0.1, -0.05) is 6.04 Å². The van der Waals surface area contributed by atoms with Gasteiger partial charge in [-0.05, 0) is 6.54 Å². The summed E-state index contributed by atoms with van der Waals surface area (Å²) in [7, 11) is 0. The molecular weight excluding hydrogens is 217 g/mol. The second-order valence-corrected chi connectivity index (χ2v) is 2.57. The van der Waals surface area contributed by atoms with Crippen LogP contribution < -0.4 is 5.32 Å². The molecule has 1 rings (SSSR count). The van der Waals surface area contributed by atoms with Crippen LogP contribution in [0.25, 0.3) is 0 Å². The summed E-state index contributed by atoms with van der Waals surface area (Å²) < 4.78 is 0. The molecule has 1 aliphatic heterocycles. The SMILES string of the molecule is [CH2-]C1CNCCN1C(C)=O.[Y]. The maximum atomic E-state index is 10.9. The molecule has 1 amide bonds. The van der Waals surface area contributed by atoms with Crippen molar-refractivity contribution < 1.29 is 37.5 Å². The van der Waals surface area contributed by atoms with Gasteiger partial charge in [0.25, 0.3) is 0 Å². The predicted molar refractivity (Wildman–Crippen MR) is 39.4 cm³/mol. The Labute approximate surface area is 92.8 Å². The van der Waals surface area contributed by atoms with Gasteiger partial charge in [-0.15, -0.1) is 0 Å². The van der Waals surface area contributed by atoms with Gasteiger partial charge >= 0.3 is 0 Å². The molecule has 0 saturated carbocycles. The van der Waals surface area contributed by atoms with Crippen LogP contribution in [0.4, 0.5) is 0 Å². The zero-order valence-corrected chi connectivity index (χ0v) is 9.68. The molecule has 0 aromatic carbocycles. The van der Waals surface area contributed by atoms with Crippen LogP contribution in [0.15, 0.2) is 0 Å². The molecule has 1 radical (unpaired) electrons. The van der Waals surface area contributed by atoms with Crippen LogP contribution >= 0.6 is 0 Å². The zero-order valence-electron chi connectivity index (χ0n) is 6.84. The molecule has 1 heterocycles. The van der Waals surface area contributed by atoms with E-state index in [0.29, 0.717) is 0 Å². The summed E-state index contributed by atoms with van der Waals surface area (Å²) in [6.45, 7) is 7.94. The molecule has 0 aromatic heterocycles. The average Bonchev–Trinajstić information content (AvgIpc) is 1.88. The van der Waals surface area contributed by atoms with Gasteiger partial charge in [0.1, 0.15) is 0 Å². The summed E-state index contributed by atoms with van der Waals surface area (Å²) in [6.07, 6.45) is 0. The normalized spacial score (nSPS) is 24.2. The number of hydrogen-bond donors (Lipinski definition) is 1. The third-order valence-corrected chi connectivity index (χ3v) is 1.75. The first kappa shape index (κ1) is 11.5. The molecule has 11 heavy (non-hydrogen) atoms. The van der Waals surface area contributed by atoms with Crippen LogP contribution in [0, 0.1) is 6.92 Å². The first-order valence-electron chi connectivity index (χ1n) is 3.53. The number of carbonyl (C=O) groups excluding carboxylic acids is 1. The number of amides is 1. The molecule has 1 fully saturated rings. The fourth-order valence-electron chi connectivity index (χ4n) is 1.18. The van der Waals surface area contributed by atoms with Gasteiger partial charge in [0.05, 0.1) is 0 Å². The molecule has 0 bridgehead atoms. The summed E-state index contributed by atoms with van der Waals surface area (Å²) in [5.74, 6) is 0.126. The van der Waals surface area contributed by atoms with Gasteiger partial charge in [0.2, 0.25) is 5.91 Å². The number of carbonyl (C=O) groups is 1. The van der Waals surface area contributed by atoms with Gasteiger partial charge in [-0.2, -0.15) is 0 Å². The topological polar surface area (TPSA) is 32.3 Å². The van der Waals surface area contributed by atoms with Gasteiger partial charge in [-0.3, -0.25) is 4.79 Å². The van der Waals surface area contributed by atoms with Crippen LogP contribution in [-0.2, 0) is 37.5 Å². The zero-order chi connectivity index (χ0) is 7.56. The molecular formula is C7H13N2OY-. The standard InChI is InChI=1S/C7H13N2O.Y/c1-6-5-8-3-4-9(6)7(2)10;/h6,8H,1,3-5H2,2H3;/q-1;. The van der Waals surface area contributed by atoms with Gasteiger partial charge in [-0.25, -0.2) is 0 Å². The Morgan fingerprint density at radius 3 is 2.73 bits per heavy atom. The number of hydrogen-bond acceptors (Lipinski definition) is 2. The van der Waals surface area contributed by atoms with Crippen LogP contribution in [-0.4, -0.2) is 36.5 Å². The maximum Gasteiger partial charge on any atom is 0.217 e. The molecule has 0 spiro atoms. The molecule has 1 atom stereocenters. The van der Waals surface area contributed by atoms with Crippen molar-refractivity contribution >= 4 is 5.91 Å². The largest absolute Gasteiger partial charge is 0.367 e. The Morgan fingerprint density at radius 2 is 2.36 bits per heavy atom. The molecule has 1 N–H and O–H groups in total. The van der Waals surface area contributed by atoms with Crippen molar-refractivity contribution in [2.45, 2.75) is 13.0 Å². The average molecular weight is 230 g/mol. The minimum absolute atomic E-state index is 0. The minimum atomic E-state index is 0. The van der Waals surface area contributed by atoms with Crippen molar-refractivity contribution in [3.8, 4) is 0 Å². The second-order valence-electron chi connectivity index (χ2n) is 2.57. The third kappa shape index (κ3) is 3.18. The van der Waals surface area contributed by atoms with Crippen molar-refractivity contribution in [3.05, 3.63) is 6.92 Å². The predicted octanol–water partition coefficient (Wildman–Crippen LogP) is -0.362. The van der Waals surface area contributed by atoms with E-state index in [1.165, 1.54) is 0 Å². The number of nitrogens with one attached hydrogen (secondary N) is 1. The molecule has 3 nitrogen and oxygen atoms in total. The van der Waals surface area contributed by atoms with E-state index in [-0.39, 0.29) is 44.7 Å². The van der Waals surface area contributed by atoms with E-state index in [1.807, 2.05) is 0 Å². The fourth-order valence-corrected chi connectivity index (χ4v) is 1.18. The van der Waals surface area contributed by atoms with E-state index in [9.17, 15) is 4.79 Å². The maximum absolute atomic E-state index is 10.9. The smallest absolute Gasteiger partial charge is 0.217 e. The molecule has 1 unspecified atom stereocenters. The van der Waals surface area contributed by atoms with E-state index in [1.54, 1.807) is 11.8 Å². The van der Waals surface area contributed by atoms with Gasteiger partial charge in [0, 0.05) is 52.7 Å². The summed E-state index contributed by atoms with van der Waals surface area (Å²) in [5.41, 5.74) is 0. The summed E-state index contributed by atoms with van der Waals surface area (Å²) in [4.78, 5) is 12.7.